The maximum Gasteiger partial charge on any atom is 0.261 e. The van der Waals surface area contributed by atoms with Crippen molar-refractivity contribution in [1.82, 2.24) is 10.1 Å². The van der Waals surface area contributed by atoms with Crippen molar-refractivity contribution in [2.24, 2.45) is 0 Å². The Hall–Kier alpha value is -3.41. The van der Waals surface area contributed by atoms with Crippen LogP contribution < -0.4 is 9.47 Å². The molecule has 0 amide bonds. The Balaban J connectivity index is 1.60. The van der Waals surface area contributed by atoms with Crippen LogP contribution in [0.1, 0.15) is 5.56 Å². The molecule has 0 spiro atoms. The zero-order valence-corrected chi connectivity index (χ0v) is 14.0. The summed E-state index contributed by atoms with van der Waals surface area (Å²) in [6, 6.07) is 17.3. The number of nitrogens with zero attached hydrogens (tertiary/aromatic N) is 2. The number of aromatic nitrogens is 2. The first-order valence-corrected chi connectivity index (χ1v) is 8.01. The zero-order valence-electron chi connectivity index (χ0n) is 14.0. The average Bonchev–Trinajstić information content (AvgIpc) is 3.10. The van der Waals surface area contributed by atoms with E-state index in [4.69, 9.17) is 14.0 Å². The van der Waals surface area contributed by atoms with Crippen molar-refractivity contribution < 1.29 is 18.4 Å². The predicted molar refractivity (Wildman–Crippen MR) is 94.5 cm³/mol. The molecule has 0 aliphatic heterocycles. The molecule has 2 aromatic carbocycles. The molecule has 5 nitrogen and oxygen atoms in total. The van der Waals surface area contributed by atoms with E-state index in [2.05, 4.69) is 10.1 Å². The first-order valence-electron chi connectivity index (χ1n) is 8.01. The molecule has 2 aromatic heterocycles. The number of ether oxygens (including phenoxy) is 2. The molecule has 6 heteroatoms. The van der Waals surface area contributed by atoms with E-state index < -0.39 is 0 Å². The van der Waals surface area contributed by atoms with Crippen LogP contribution in [0, 0.1) is 5.82 Å². The predicted octanol–water partition coefficient (Wildman–Crippen LogP) is 4.62. The summed E-state index contributed by atoms with van der Waals surface area (Å²) in [5.74, 6) is 0.836. The van der Waals surface area contributed by atoms with Crippen molar-refractivity contribution in [2.45, 2.75) is 6.61 Å². The lowest BCUT2D eigenvalue weighted by atomic mass is 10.1. The number of benzene rings is 2. The summed E-state index contributed by atoms with van der Waals surface area (Å²) in [4.78, 5) is 4.34. The summed E-state index contributed by atoms with van der Waals surface area (Å²) in [6.07, 6.45) is 0. The highest BCUT2D eigenvalue weighted by molar-refractivity contribution is 5.91. The second kappa shape index (κ2) is 6.84. The van der Waals surface area contributed by atoms with Gasteiger partial charge in [-0.05, 0) is 35.9 Å². The van der Waals surface area contributed by atoms with Crippen LogP contribution in [0.25, 0.3) is 22.4 Å². The van der Waals surface area contributed by atoms with E-state index in [0.29, 0.717) is 23.0 Å². The smallest absolute Gasteiger partial charge is 0.261 e. The molecular formula is C20H15FN2O3. The van der Waals surface area contributed by atoms with Crippen LogP contribution in [0.2, 0.25) is 0 Å². The third-order valence-corrected chi connectivity index (χ3v) is 3.98. The van der Waals surface area contributed by atoms with Gasteiger partial charge >= 0.3 is 0 Å². The number of pyridine rings is 1. The molecule has 4 rings (SSSR count). The number of hydrogen-bond acceptors (Lipinski definition) is 5. The second-order valence-corrected chi connectivity index (χ2v) is 5.65. The molecule has 0 N–H and O–H groups in total. The zero-order chi connectivity index (χ0) is 17.9. The van der Waals surface area contributed by atoms with Gasteiger partial charge in [-0.3, -0.25) is 0 Å². The van der Waals surface area contributed by atoms with Gasteiger partial charge in [0, 0.05) is 11.6 Å². The van der Waals surface area contributed by atoms with Crippen molar-refractivity contribution in [3.63, 3.8) is 0 Å². The van der Waals surface area contributed by atoms with Gasteiger partial charge in [0.1, 0.15) is 23.9 Å². The molecule has 0 unspecified atom stereocenters. The van der Waals surface area contributed by atoms with Gasteiger partial charge in [-0.1, -0.05) is 29.4 Å². The largest absolute Gasteiger partial charge is 0.496 e. The average molecular weight is 350 g/mol. The van der Waals surface area contributed by atoms with E-state index in [1.807, 2.05) is 30.3 Å². The Kier molecular flexibility index (Phi) is 4.23. The third kappa shape index (κ3) is 3.09. The molecule has 4 aromatic rings. The Morgan fingerprint density at radius 3 is 2.62 bits per heavy atom. The van der Waals surface area contributed by atoms with Gasteiger partial charge in [-0.25, -0.2) is 4.39 Å². The molecule has 2 heterocycles. The summed E-state index contributed by atoms with van der Waals surface area (Å²) < 4.78 is 29.3. The molecule has 0 fully saturated rings. The Morgan fingerprint density at radius 2 is 1.81 bits per heavy atom. The minimum Gasteiger partial charge on any atom is -0.496 e. The number of fused-ring (bicyclic) bond motifs is 1. The maximum atomic E-state index is 12.9. The van der Waals surface area contributed by atoms with E-state index in [-0.39, 0.29) is 12.4 Å². The molecule has 0 saturated heterocycles. The summed E-state index contributed by atoms with van der Waals surface area (Å²) in [5.41, 5.74) is 2.72. The Bertz CT molecular complexity index is 1040. The van der Waals surface area contributed by atoms with Crippen LogP contribution in [-0.2, 0) is 6.61 Å². The van der Waals surface area contributed by atoms with Crippen molar-refractivity contribution in [2.75, 3.05) is 7.11 Å². The van der Waals surface area contributed by atoms with E-state index in [0.717, 1.165) is 16.5 Å². The molecule has 0 saturated carbocycles. The van der Waals surface area contributed by atoms with Gasteiger partial charge in [0.25, 0.3) is 5.71 Å². The second-order valence-electron chi connectivity index (χ2n) is 5.65. The highest BCUT2D eigenvalue weighted by Crippen LogP contribution is 2.34. The summed E-state index contributed by atoms with van der Waals surface area (Å²) in [7, 11) is 1.61. The van der Waals surface area contributed by atoms with Crippen LogP contribution >= 0.6 is 0 Å². The fraction of sp³-hybridized carbons (Fsp3) is 0.100. The van der Waals surface area contributed by atoms with Gasteiger partial charge in [0.05, 0.1) is 12.5 Å². The van der Waals surface area contributed by atoms with Crippen molar-refractivity contribution in [1.29, 1.82) is 0 Å². The molecule has 130 valence electrons. The first-order chi connectivity index (χ1) is 12.7. The molecular weight excluding hydrogens is 335 g/mol. The summed E-state index contributed by atoms with van der Waals surface area (Å²) in [6.45, 7) is 0.284. The standard InChI is InChI=1S/C20H15FN2O3/c1-24-17-5-3-2-4-15(17)19-16-10-11-18(22-20(16)26-23-19)25-12-13-6-8-14(21)9-7-13/h2-11H,12H2,1H3. The van der Waals surface area contributed by atoms with Gasteiger partial charge in [0.2, 0.25) is 5.88 Å². The maximum absolute atomic E-state index is 12.9. The van der Waals surface area contributed by atoms with Crippen LogP contribution in [0.4, 0.5) is 4.39 Å². The molecule has 0 radical (unpaired) electrons. The van der Waals surface area contributed by atoms with Crippen LogP contribution in [-0.4, -0.2) is 17.3 Å². The topological polar surface area (TPSA) is 57.4 Å². The van der Waals surface area contributed by atoms with Gasteiger partial charge in [0.15, 0.2) is 0 Å². The van der Waals surface area contributed by atoms with Crippen molar-refractivity contribution in [3.8, 4) is 22.9 Å². The molecule has 0 aliphatic carbocycles. The van der Waals surface area contributed by atoms with E-state index in [9.17, 15) is 4.39 Å². The molecule has 0 bridgehead atoms. The minimum atomic E-state index is -0.279. The lowest BCUT2D eigenvalue weighted by molar-refractivity contribution is 0.293. The van der Waals surface area contributed by atoms with E-state index in [1.54, 1.807) is 25.3 Å². The first kappa shape index (κ1) is 16.1. The van der Waals surface area contributed by atoms with Crippen LogP contribution in [0.5, 0.6) is 11.6 Å². The van der Waals surface area contributed by atoms with E-state index in [1.165, 1.54) is 12.1 Å². The highest BCUT2D eigenvalue weighted by Gasteiger charge is 2.15. The van der Waals surface area contributed by atoms with Crippen LogP contribution in [0.15, 0.2) is 65.2 Å². The number of hydrogen-bond donors (Lipinski definition) is 0. The van der Waals surface area contributed by atoms with Crippen molar-refractivity contribution in [3.05, 3.63) is 72.0 Å². The minimum absolute atomic E-state index is 0.279. The lowest BCUT2D eigenvalue weighted by Gasteiger charge is -2.06. The molecule has 0 aliphatic rings. The third-order valence-electron chi connectivity index (χ3n) is 3.98. The number of methoxy groups -OCH3 is 1. The molecule has 26 heavy (non-hydrogen) atoms. The van der Waals surface area contributed by atoms with Gasteiger partial charge in [-0.2, -0.15) is 4.98 Å². The fourth-order valence-electron chi connectivity index (χ4n) is 2.66. The Labute approximate surface area is 149 Å². The van der Waals surface area contributed by atoms with E-state index >= 15 is 0 Å². The van der Waals surface area contributed by atoms with Gasteiger partial charge < -0.3 is 14.0 Å². The summed E-state index contributed by atoms with van der Waals surface area (Å²) >= 11 is 0. The number of rotatable bonds is 5. The highest BCUT2D eigenvalue weighted by atomic mass is 19.1. The SMILES string of the molecule is COc1ccccc1-c1noc2nc(OCc3ccc(F)cc3)ccc12. The number of halogens is 1. The monoisotopic (exact) mass is 350 g/mol. The summed E-state index contributed by atoms with van der Waals surface area (Å²) in [5, 5.41) is 4.90. The normalized spacial score (nSPS) is 10.8. The Morgan fingerprint density at radius 1 is 1.00 bits per heavy atom. The number of para-hydroxylation sites is 1. The lowest BCUT2D eigenvalue weighted by Crippen LogP contribution is -1.97. The molecule has 0 atom stereocenters. The van der Waals surface area contributed by atoms with Crippen molar-refractivity contribution >= 4 is 11.1 Å². The van der Waals surface area contributed by atoms with Gasteiger partial charge in [-0.15, -0.1) is 0 Å². The fourth-order valence-corrected chi connectivity index (χ4v) is 2.66. The quantitative estimate of drug-likeness (QED) is 0.526. The van der Waals surface area contributed by atoms with Crippen LogP contribution in [0.3, 0.4) is 0 Å².